The number of sulfonamides is 1. The fourth-order valence-corrected chi connectivity index (χ4v) is 4.03. The Morgan fingerprint density at radius 3 is 2.76 bits per heavy atom. The quantitative estimate of drug-likeness (QED) is 0.848. The number of ether oxygens (including phenoxy) is 1. The summed E-state index contributed by atoms with van der Waals surface area (Å²) in [7, 11) is -2.09. The lowest BCUT2D eigenvalue weighted by Crippen LogP contribution is -2.31. The fourth-order valence-electron chi connectivity index (χ4n) is 2.95. The normalized spacial score (nSPS) is 18.8. The van der Waals surface area contributed by atoms with E-state index in [1.807, 2.05) is 13.8 Å². The molecule has 1 unspecified atom stereocenters. The average molecular weight is 367 g/mol. The number of nitrogens with one attached hydrogen (secondary N) is 1. The van der Waals surface area contributed by atoms with Crippen LogP contribution < -0.4 is 0 Å². The van der Waals surface area contributed by atoms with Gasteiger partial charge in [0, 0.05) is 31.5 Å². The molecule has 2 aromatic rings. The molecule has 1 atom stereocenters. The summed E-state index contributed by atoms with van der Waals surface area (Å²) in [4.78, 5) is 0. The summed E-state index contributed by atoms with van der Waals surface area (Å²) >= 11 is 0. The van der Waals surface area contributed by atoms with Gasteiger partial charge in [0.1, 0.15) is 5.69 Å². The van der Waals surface area contributed by atoms with Crippen LogP contribution in [0, 0.1) is 13.8 Å². The molecule has 1 fully saturated rings. The van der Waals surface area contributed by atoms with Crippen LogP contribution in [-0.2, 0) is 14.8 Å². The van der Waals surface area contributed by atoms with Gasteiger partial charge in [0.05, 0.1) is 6.10 Å². The number of rotatable bonds is 6. The summed E-state index contributed by atoms with van der Waals surface area (Å²) in [5, 5.41) is 7.00. The molecule has 1 N–H and O–H groups in total. The summed E-state index contributed by atoms with van der Waals surface area (Å²) in [6, 6.07) is 3.13. The van der Waals surface area contributed by atoms with Gasteiger partial charge in [0.2, 0.25) is 5.09 Å². The highest BCUT2D eigenvalue weighted by atomic mass is 32.2. The molecule has 8 heteroatoms. The molecular weight excluding hydrogens is 342 g/mol. The topological polar surface area (TPSA) is 88.4 Å². The van der Waals surface area contributed by atoms with Crippen LogP contribution in [0.1, 0.15) is 36.9 Å². The molecule has 0 bridgehead atoms. The highest BCUT2D eigenvalue weighted by Crippen LogP contribution is 2.28. The van der Waals surface area contributed by atoms with E-state index >= 15 is 0 Å². The summed E-state index contributed by atoms with van der Waals surface area (Å²) in [6.45, 7) is 5.00. The predicted octanol–water partition coefficient (Wildman–Crippen LogP) is 2.87. The van der Waals surface area contributed by atoms with Crippen LogP contribution in [-0.4, -0.2) is 49.2 Å². The molecule has 0 aliphatic carbocycles. The number of aromatic nitrogens is 2. The Hall–Kier alpha value is -1.64. The third kappa shape index (κ3) is 3.80. The van der Waals surface area contributed by atoms with Gasteiger partial charge in [-0.1, -0.05) is 0 Å². The first-order valence-corrected chi connectivity index (χ1v) is 10.0. The van der Waals surface area contributed by atoms with Crippen LogP contribution in [0.4, 0.5) is 0 Å². The lowest BCUT2D eigenvalue weighted by Gasteiger charge is -2.24. The first kappa shape index (κ1) is 18.2. The van der Waals surface area contributed by atoms with E-state index in [-0.39, 0.29) is 11.2 Å². The second-order valence-electron chi connectivity index (χ2n) is 6.54. The van der Waals surface area contributed by atoms with Crippen LogP contribution >= 0.6 is 0 Å². The Bertz CT molecular complexity index is 819. The van der Waals surface area contributed by atoms with Crippen molar-refractivity contribution >= 4 is 10.0 Å². The first-order valence-electron chi connectivity index (χ1n) is 8.59. The van der Waals surface area contributed by atoms with Gasteiger partial charge < -0.3 is 9.15 Å². The largest absolute Gasteiger partial charge is 0.442 e. The van der Waals surface area contributed by atoms with Crippen molar-refractivity contribution in [3.05, 3.63) is 23.4 Å². The standard InChI is InChI=1S/C17H25N3O4S/c1-12-13(2)18-19-17(12)15-7-8-16(24-15)25(21,22)20(3)10-9-14-6-4-5-11-23-14/h7-8,14H,4-6,9-11H2,1-3H3,(H,18,19). The Morgan fingerprint density at radius 2 is 2.12 bits per heavy atom. The molecule has 1 aliphatic rings. The molecule has 25 heavy (non-hydrogen) atoms. The van der Waals surface area contributed by atoms with Gasteiger partial charge in [-0.2, -0.15) is 9.40 Å². The van der Waals surface area contributed by atoms with Crippen LogP contribution in [0.2, 0.25) is 0 Å². The fraction of sp³-hybridized carbons (Fsp3) is 0.588. The molecule has 0 saturated carbocycles. The maximum atomic E-state index is 12.7. The van der Waals surface area contributed by atoms with E-state index in [1.54, 1.807) is 13.1 Å². The zero-order valence-corrected chi connectivity index (χ0v) is 15.7. The minimum absolute atomic E-state index is 0.0605. The third-order valence-corrected chi connectivity index (χ3v) is 6.50. The van der Waals surface area contributed by atoms with Crippen molar-refractivity contribution in [3.63, 3.8) is 0 Å². The van der Waals surface area contributed by atoms with Gasteiger partial charge >= 0.3 is 0 Å². The van der Waals surface area contributed by atoms with Crippen molar-refractivity contribution in [2.24, 2.45) is 0 Å². The predicted molar refractivity (Wildman–Crippen MR) is 93.8 cm³/mol. The zero-order chi connectivity index (χ0) is 18.0. The van der Waals surface area contributed by atoms with Crippen molar-refractivity contribution in [3.8, 4) is 11.5 Å². The minimum Gasteiger partial charge on any atom is -0.442 e. The summed E-state index contributed by atoms with van der Waals surface area (Å²) < 4.78 is 38.0. The monoisotopic (exact) mass is 367 g/mol. The summed E-state index contributed by atoms with van der Waals surface area (Å²) in [5.74, 6) is 0.449. The lowest BCUT2D eigenvalue weighted by molar-refractivity contribution is 0.00947. The smallest absolute Gasteiger partial charge is 0.276 e. The van der Waals surface area contributed by atoms with E-state index in [4.69, 9.17) is 9.15 Å². The third-order valence-electron chi connectivity index (χ3n) is 4.77. The molecule has 1 aliphatic heterocycles. The van der Waals surface area contributed by atoms with E-state index in [0.717, 1.165) is 37.1 Å². The maximum Gasteiger partial charge on any atom is 0.276 e. The number of hydrogen-bond donors (Lipinski definition) is 1. The molecule has 138 valence electrons. The summed E-state index contributed by atoms with van der Waals surface area (Å²) in [5.41, 5.74) is 2.51. The molecule has 2 aromatic heterocycles. The SMILES string of the molecule is Cc1[nH]nc(-c2ccc(S(=O)(=O)N(C)CCC3CCCCO3)o2)c1C. The number of furan rings is 1. The Labute approximate surface area is 148 Å². The number of aryl methyl sites for hydroxylation is 1. The summed E-state index contributed by atoms with van der Waals surface area (Å²) in [6.07, 6.45) is 4.07. The van der Waals surface area contributed by atoms with E-state index in [2.05, 4.69) is 10.2 Å². The highest BCUT2D eigenvalue weighted by Gasteiger charge is 2.26. The zero-order valence-electron chi connectivity index (χ0n) is 14.9. The van der Waals surface area contributed by atoms with Crippen molar-refractivity contribution in [2.75, 3.05) is 20.2 Å². The maximum absolute atomic E-state index is 12.7. The molecule has 3 rings (SSSR count). The van der Waals surface area contributed by atoms with Gasteiger partial charge in [-0.3, -0.25) is 5.10 Å². The van der Waals surface area contributed by atoms with Crippen molar-refractivity contribution in [1.82, 2.24) is 14.5 Å². The highest BCUT2D eigenvalue weighted by molar-refractivity contribution is 7.89. The molecule has 0 aromatic carbocycles. The molecule has 0 spiro atoms. The van der Waals surface area contributed by atoms with Gasteiger partial charge in [0.15, 0.2) is 5.76 Å². The van der Waals surface area contributed by atoms with Crippen molar-refractivity contribution in [1.29, 1.82) is 0 Å². The van der Waals surface area contributed by atoms with Gasteiger partial charge in [-0.05, 0) is 51.7 Å². The van der Waals surface area contributed by atoms with Gasteiger partial charge in [-0.25, -0.2) is 8.42 Å². The molecule has 1 saturated heterocycles. The Balaban J connectivity index is 1.70. The first-order chi connectivity index (χ1) is 11.9. The van der Waals surface area contributed by atoms with Crippen LogP contribution in [0.3, 0.4) is 0 Å². The number of aromatic amines is 1. The molecular formula is C17H25N3O4S. The lowest BCUT2D eigenvalue weighted by atomic mass is 10.1. The minimum atomic E-state index is -3.66. The second-order valence-corrected chi connectivity index (χ2v) is 8.52. The number of H-pyrrole nitrogens is 1. The molecule has 0 radical (unpaired) electrons. The average Bonchev–Trinajstić information content (AvgIpc) is 3.22. The van der Waals surface area contributed by atoms with Crippen LogP contribution in [0.25, 0.3) is 11.5 Å². The molecule has 7 nitrogen and oxygen atoms in total. The molecule has 3 heterocycles. The number of nitrogens with zero attached hydrogens (tertiary/aromatic N) is 2. The van der Waals surface area contributed by atoms with Crippen LogP contribution in [0.5, 0.6) is 0 Å². The number of hydrogen-bond acceptors (Lipinski definition) is 5. The van der Waals surface area contributed by atoms with E-state index in [0.29, 0.717) is 24.4 Å². The van der Waals surface area contributed by atoms with E-state index < -0.39 is 10.0 Å². The van der Waals surface area contributed by atoms with Gasteiger partial charge in [0.25, 0.3) is 10.0 Å². The van der Waals surface area contributed by atoms with Crippen molar-refractivity contribution < 1.29 is 17.6 Å². The Morgan fingerprint density at radius 1 is 1.32 bits per heavy atom. The van der Waals surface area contributed by atoms with Crippen LogP contribution in [0.15, 0.2) is 21.6 Å². The van der Waals surface area contributed by atoms with Crippen molar-refractivity contribution in [2.45, 2.75) is 50.7 Å². The van der Waals surface area contributed by atoms with Gasteiger partial charge in [-0.15, -0.1) is 0 Å². The van der Waals surface area contributed by atoms with E-state index in [9.17, 15) is 8.42 Å². The second kappa shape index (κ2) is 7.31. The van der Waals surface area contributed by atoms with E-state index in [1.165, 1.54) is 10.4 Å². The Kier molecular flexibility index (Phi) is 5.31. The molecule has 0 amide bonds.